The minimum absolute atomic E-state index is 0.120. The van der Waals surface area contributed by atoms with Crippen molar-refractivity contribution in [3.05, 3.63) is 71.0 Å². The maximum atomic E-state index is 12.8. The fourth-order valence-corrected chi connectivity index (χ4v) is 4.40. The van der Waals surface area contributed by atoms with Crippen molar-refractivity contribution in [1.82, 2.24) is 19.7 Å². The van der Waals surface area contributed by atoms with Crippen molar-refractivity contribution in [3.63, 3.8) is 0 Å². The molecule has 33 heavy (non-hydrogen) atoms. The summed E-state index contributed by atoms with van der Waals surface area (Å²) in [5.74, 6) is 0.838. The molecule has 168 valence electrons. The van der Waals surface area contributed by atoms with E-state index in [0.29, 0.717) is 24.7 Å². The first kappa shape index (κ1) is 24.0. The van der Waals surface area contributed by atoms with Gasteiger partial charge in [-0.25, -0.2) is 0 Å². The average Bonchev–Trinajstić information content (AvgIpc) is 3.20. The number of benzene rings is 2. The van der Waals surface area contributed by atoms with Crippen molar-refractivity contribution >= 4 is 17.7 Å². The Bertz CT molecular complexity index is 1160. The number of nitriles is 2. The van der Waals surface area contributed by atoms with Gasteiger partial charge in [0.1, 0.15) is 5.82 Å². The Kier molecular flexibility index (Phi) is 8.63. The van der Waals surface area contributed by atoms with Gasteiger partial charge >= 0.3 is 0 Å². The van der Waals surface area contributed by atoms with E-state index in [1.54, 1.807) is 4.90 Å². The summed E-state index contributed by atoms with van der Waals surface area (Å²) in [6.45, 7) is 4.75. The minimum atomic E-state index is -0.120. The number of hydrogen-bond donors (Lipinski definition) is 0. The number of hydrogen-bond acceptors (Lipinski definition) is 6. The van der Waals surface area contributed by atoms with Gasteiger partial charge in [-0.3, -0.25) is 9.36 Å². The molecule has 0 aliphatic rings. The highest BCUT2D eigenvalue weighted by molar-refractivity contribution is 7.99. The molecule has 0 bridgehead atoms. The highest BCUT2D eigenvalue weighted by Crippen LogP contribution is 2.26. The van der Waals surface area contributed by atoms with Crippen LogP contribution in [-0.2, 0) is 11.2 Å². The Hall–Kier alpha value is -3.62. The molecule has 0 radical (unpaired) electrons. The maximum absolute atomic E-state index is 12.8. The van der Waals surface area contributed by atoms with Gasteiger partial charge in [-0.15, -0.1) is 10.2 Å². The van der Waals surface area contributed by atoms with Gasteiger partial charge in [-0.1, -0.05) is 59.8 Å². The van der Waals surface area contributed by atoms with E-state index < -0.39 is 0 Å². The molecular formula is C25H26N6OS. The number of aryl methyl sites for hydroxylation is 2. The number of nitrogens with zero attached hydrogens (tertiary/aromatic N) is 6. The van der Waals surface area contributed by atoms with Crippen LogP contribution in [0.3, 0.4) is 0 Å². The normalized spacial score (nSPS) is 10.4. The van der Waals surface area contributed by atoms with E-state index in [1.165, 1.54) is 17.3 Å². The van der Waals surface area contributed by atoms with Crippen molar-refractivity contribution in [2.24, 2.45) is 0 Å². The lowest BCUT2D eigenvalue weighted by Crippen LogP contribution is -2.34. The van der Waals surface area contributed by atoms with Crippen LogP contribution in [0.4, 0.5) is 0 Å². The van der Waals surface area contributed by atoms with Crippen LogP contribution in [0.5, 0.6) is 0 Å². The highest BCUT2D eigenvalue weighted by atomic mass is 32.2. The molecule has 0 spiro atoms. The Labute approximate surface area is 198 Å². The summed E-state index contributed by atoms with van der Waals surface area (Å²) in [4.78, 5) is 14.4. The first-order valence-corrected chi connectivity index (χ1v) is 11.7. The van der Waals surface area contributed by atoms with Gasteiger partial charge in [0, 0.05) is 19.5 Å². The third-order valence-electron chi connectivity index (χ3n) is 5.16. The van der Waals surface area contributed by atoms with Crippen LogP contribution in [0.15, 0.2) is 53.7 Å². The van der Waals surface area contributed by atoms with E-state index in [2.05, 4.69) is 66.5 Å². The van der Waals surface area contributed by atoms with E-state index in [1.807, 2.05) is 22.8 Å². The zero-order chi connectivity index (χ0) is 23.6. The maximum Gasteiger partial charge on any atom is 0.233 e. The fourth-order valence-electron chi connectivity index (χ4n) is 3.53. The Morgan fingerprint density at radius 3 is 2.36 bits per heavy atom. The third-order valence-corrected chi connectivity index (χ3v) is 6.08. The van der Waals surface area contributed by atoms with Gasteiger partial charge < -0.3 is 4.90 Å². The Morgan fingerprint density at radius 2 is 1.73 bits per heavy atom. The molecule has 7 nitrogen and oxygen atoms in total. The lowest BCUT2D eigenvalue weighted by molar-refractivity contribution is -0.128. The largest absolute Gasteiger partial charge is 0.340 e. The molecule has 1 heterocycles. The fraction of sp³-hybridized carbons (Fsp3) is 0.320. The lowest BCUT2D eigenvalue weighted by atomic mass is 10.1. The molecule has 8 heteroatoms. The molecule has 0 aliphatic heterocycles. The van der Waals surface area contributed by atoms with Gasteiger partial charge in [-0.2, -0.15) is 10.5 Å². The second-order valence-electron chi connectivity index (χ2n) is 7.67. The van der Waals surface area contributed by atoms with Gasteiger partial charge in [-0.05, 0) is 31.0 Å². The molecule has 0 fully saturated rings. The third kappa shape index (κ3) is 6.44. The number of rotatable bonds is 10. The summed E-state index contributed by atoms with van der Waals surface area (Å²) in [5.41, 5.74) is 4.38. The van der Waals surface area contributed by atoms with Crippen molar-refractivity contribution in [3.8, 4) is 17.8 Å². The second-order valence-corrected chi connectivity index (χ2v) is 8.61. The molecule has 1 amide bonds. The Balaban J connectivity index is 1.87. The van der Waals surface area contributed by atoms with Gasteiger partial charge in [0.05, 0.1) is 36.4 Å². The van der Waals surface area contributed by atoms with Crippen molar-refractivity contribution < 1.29 is 4.79 Å². The molecule has 3 rings (SSSR count). The number of carbonyl (C=O) groups is 1. The van der Waals surface area contributed by atoms with Crippen molar-refractivity contribution in [2.75, 3.05) is 18.8 Å². The predicted molar refractivity (Wildman–Crippen MR) is 128 cm³/mol. The summed E-state index contributed by atoms with van der Waals surface area (Å²) in [6, 6.07) is 20.4. The summed E-state index contributed by atoms with van der Waals surface area (Å²) in [6.07, 6.45) is 1.09. The van der Waals surface area contributed by atoms with E-state index in [4.69, 9.17) is 10.5 Å². The SMILES string of the molecule is Cc1ccc(-n2c(Cc3ccccc3)nnc2SCC(=O)N(CCC#N)CCC#N)c(C)c1. The summed E-state index contributed by atoms with van der Waals surface area (Å²) < 4.78 is 2.02. The van der Waals surface area contributed by atoms with E-state index in [-0.39, 0.29) is 24.5 Å². The van der Waals surface area contributed by atoms with Gasteiger partial charge in [0.15, 0.2) is 5.16 Å². The number of aromatic nitrogens is 3. The van der Waals surface area contributed by atoms with Crippen LogP contribution in [0, 0.1) is 36.5 Å². The van der Waals surface area contributed by atoms with Crippen molar-refractivity contribution in [1.29, 1.82) is 10.5 Å². The summed E-state index contributed by atoms with van der Waals surface area (Å²) in [7, 11) is 0. The lowest BCUT2D eigenvalue weighted by Gasteiger charge is -2.20. The van der Waals surface area contributed by atoms with Crippen LogP contribution in [0.25, 0.3) is 5.69 Å². The van der Waals surface area contributed by atoms with E-state index >= 15 is 0 Å². The van der Waals surface area contributed by atoms with Crippen LogP contribution in [-0.4, -0.2) is 44.4 Å². The van der Waals surface area contributed by atoms with Crippen LogP contribution >= 0.6 is 11.8 Å². The number of amides is 1. The highest BCUT2D eigenvalue weighted by Gasteiger charge is 2.20. The summed E-state index contributed by atoms with van der Waals surface area (Å²) in [5, 5.41) is 27.3. The topological polar surface area (TPSA) is 98.6 Å². The molecule has 0 unspecified atom stereocenters. The molecule has 3 aromatic rings. The van der Waals surface area contributed by atoms with Gasteiger partial charge in [0.25, 0.3) is 0 Å². The standard InChI is InChI=1S/C25H26N6OS/c1-19-10-11-22(20(2)16-19)31-23(17-21-8-4-3-5-9-21)28-29-25(31)33-18-24(32)30(14-6-12-26)15-7-13-27/h3-5,8-11,16H,6-7,14-15,17-18H2,1-2H3. The zero-order valence-corrected chi connectivity index (χ0v) is 19.7. The first-order chi connectivity index (χ1) is 16.0. The van der Waals surface area contributed by atoms with Crippen LogP contribution < -0.4 is 0 Å². The molecular weight excluding hydrogens is 432 g/mol. The number of thioether (sulfide) groups is 1. The molecule has 0 atom stereocenters. The molecule has 0 aliphatic carbocycles. The van der Waals surface area contributed by atoms with E-state index in [0.717, 1.165) is 22.6 Å². The zero-order valence-electron chi connectivity index (χ0n) is 18.9. The summed E-state index contributed by atoms with van der Waals surface area (Å²) >= 11 is 1.32. The molecule has 2 aromatic carbocycles. The number of carbonyl (C=O) groups excluding carboxylic acids is 1. The Morgan fingerprint density at radius 1 is 1.03 bits per heavy atom. The monoisotopic (exact) mass is 458 g/mol. The predicted octanol–water partition coefficient (Wildman–Crippen LogP) is 4.22. The second kappa shape index (κ2) is 11.8. The van der Waals surface area contributed by atoms with Gasteiger partial charge in [0.2, 0.25) is 5.91 Å². The quantitative estimate of drug-likeness (QED) is 0.422. The molecule has 1 aromatic heterocycles. The first-order valence-electron chi connectivity index (χ1n) is 10.7. The molecule has 0 saturated heterocycles. The average molecular weight is 459 g/mol. The molecule has 0 saturated carbocycles. The van der Waals surface area contributed by atoms with Crippen molar-refractivity contribution in [2.45, 2.75) is 38.3 Å². The minimum Gasteiger partial charge on any atom is -0.340 e. The smallest absolute Gasteiger partial charge is 0.233 e. The molecule has 0 N–H and O–H groups in total. The van der Waals surface area contributed by atoms with Crippen LogP contribution in [0.2, 0.25) is 0 Å². The van der Waals surface area contributed by atoms with Crippen LogP contribution in [0.1, 0.15) is 35.4 Å². The van der Waals surface area contributed by atoms with E-state index in [9.17, 15) is 4.79 Å².